The minimum absolute atomic E-state index is 0.188. The number of nitrogens with one attached hydrogen (secondary N) is 1. The average Bonchev–Trinajstić information content (AvgIpc) is 2.88. The number of aryl methyl sites for hydroxylation is 1. The van der Waals surface area contributed by atoms with Gasteiger partial charge in [-0.05, 0) is 32.3 Å². The van der Waals surface area contributed by atoms with E-state index in [4.69, 9.17) is 4.74 Å². The largest absolute Gasteiger partial charge is 0.480 e. The highest BCUT2D eigenvalue weighted by Gasteiger charge is 2.29. The van der Waals surface area contributed by atoms with E-state index in [9.17, 15) is 14.7 Å². The van der Waals surface area contributed by atoms with Crippen LogP contribution in [0.2, 0.25) is 0 Å². The summed E-state index contributed by atoms with van der Waals surface area (Å²) in [7, 11) is 0. The molecule has 0 saturated heterocycles. The molecule has 0 bridgehead atoms. The molecule has 1 amide bonds. The van der Waals surface area contributed by atoms with Gasteiger partial charge in [0, 0.05) is 19.2 Å². The summed E-state index contributed by atoms with van der Waals surface area (Å²) >= 11 is 1.54. The van der Waals surface area contributed by atoms with Crippen molar-refractivity contribution in [3.8, 4) is 0 Å². The molecule has 7 nitrogen and oxygen atoms in total. The van der Waals surface area contributed by atoms with Crippen LogP contribution >= 0.6 is 11.8 Å². The molecular formula is C16H23N3O4S. The predicted molar refractivity (Wildman–Crippen MR) is 93.2 cm³/mol. The maximum atomic E-state index is 12.6. The van der Waals surface area contributed by atoms with Crippen LogP contribution < -0.4 is 5.32 Å². The number of thioether (sulfide) groups is 1. The third-order valence-corrected chi connectivity index (χ3v) is 4.45. The highest BCUT2D eigenvalue weighted by molar-refractivity contribution is 7.98. The fourth-order valence-electron chi connectivity index (χ4n) is 2.68. The summed E-state index contributed by atoms with van der Waals surface area (Å²) < 4.78 is 7.36. The number of imidazole rings is 1. The van der Waals surface area contributed by atoms with Crippen LogP contribution in [0.25, 0.3) is 6.20 Å². The topological polar surface area (TPSA) is 93.5 Å². The molecule has 2 heterocycles. The molecule has 1 aliphatic heterocycles. The Morgan fingerprint density at radius 3 is 2.96 bits per heavy atom. The van der Waals surface area contributed by atoms with Crippen molar-refractivity contribution in [3.05, 3.63) is 23.3 Å². The standard InChI is InChI=1S/C16H23N3O4S/c1-4-23-12-6-5-8-19-13(10(2)17-14(12)19)15(20)18-11(16(21)22)7-9-24-3/h5,8,11-12H,4,6-7,9H2,1-3H3,(H,18,20)(H,21,22). The number of aliphatic carboxylic acids is 1. The second-order valence-electron chi connectivity index (χ2n) is 5.48. The molecule has 0 spiro atoms. The third kappa shape index (κ3) is 3.99. The number of carbonyl (C=O) groups is 2. The van der Waals surface area contributed by atoms with Gasteiger partial charge in [-0.3, -0.25) is 9.36 Å². The number of hydrogen-bond donors (Lipinski definition) is 2. The Kier molecular flexibility index (Phi) is 6.44. The minimum atomic E-state index is -1.03. The fraction of sp³-hybridized carbons (Fsp3) is 0.562. The zero-order valence-corrected chi connectivity index (χ0v) is 14.9. The maximum absolute atomic E-state index is 12.6. The molecule has 24 heavy (non-hydrogen) atoms. The van der Waals surface area contributed by atoms with Crippen LogP contribution in [0.5, 0.6) is 0 Å². The first-order valence-electron chi connectivity index (χ1n) is 7.89. The van der Waals surface area contributed by atoms with Crippen LogP contribution in [0.1, 0.15) is 47.9 Å². The molecule has 0 saturated carbocycles. The molecule has 2 unspecified atom stereocenters. The van der Waals surface area contributed by atoms with E-state index in [-0.39, 0.29) is 6.10 Å². The summed E-state index contributed by atoms with van der Waals surface area (Å²) in [6.07, 6.45) is 6.50. The van der Waals surface area contributed by atoms with Crippen molar-refractivity contribution < 1.29 is 19.4 Å². The van der Waals surface area contributed by atoms with Crippen LogP contribution in [0.3, 0.4) is 0 Å². The zero-order valence-electron chi connectivity index (χ0n) is 14.1. The monoisotopic (exact) mass is 353 g/mol. The number of nitrogens with zero attached hydrogens (tertiary/aromatic N) is 2. The predicted octanol–water partition coefficient (Wildman–Crippen LogP) is 2.08. The molecule has 1 aromatic rings. The van der Waals surface area contributed by atoms with Gasteiger partial charge in [0.25, 0.3) is 5.91 Å². The molecule has 0 aromatic carbocycles. The van der Waals surface area contributed by atoms with Crippen molar-refractivity contribution in [2.75, 3.05) is 18.6 Å². The molecule has 0 fully saturated rings. The van der Waals surface area contributed by atoms with E-state index in [0.29, 0.717) is 42.4 Å². The molecule has 2 N–H and O–H groups in total. The number of amides is 1. The van der Waals surface area contributed by atoms with Gasteiger partial charge in [-0.1, -0.05) is 6.08 Å². The van der Waals surface area contributed by atoms with Crippen molar-refractivity contribution in [1.82, 2.24) is 14.9 Å². The lowest BCUT2D eigenvalue weighted by atomic mass is 10.2. The summed E-state index contributed by atoms with van der Waals surface area (Å²) in [6, 6.07) is -0.911. The van der Waals surface area contributed by atoms with Gasteiger partial charge >= 0.3 is 5.97 Å². The first kappa shape index (κ1) is 18.5. The van der Waals surface area contributed by atoms with Crippen molar-refractivity contribution in [3.63, 3.8) is 0 Å². The van der Waals surface area contributed by atoms with Crippen LogP contribution in [0.15, 0.2) is 6.08 Å². The highest BCUT2D eigenvalue weighted by atomic mass is 32.2. The molecule has 132 valence electrons. The number of hydrogen-bond acceptors (Lipinski definition) is 5. The van der Waals surface area contributed by atoms with Gasteiger partial charge < -0.3 is 15.2 Å². The van der Waals surface area contributed by atoms with E-state index < -0.39 is 17.9 Å². The smallest absolute Gasteiger partial charge is 0.326 e. The van der Waals surface area contributed by atoms with Gasteiger partial charge in [-0.15, -0.1) is 0 Å². The number of carboxylic acids is 1. The van der Waals surface area contributed by atoms with Gasteiger partial charge in [0.1, 0.15) is 23.7 Å². The molecule has 1 aromatic heterocycles. The normalized spacial score (nSPS) is 17.4. The summed E-state index contributed by atoms with van der Waals surface area (Å²) in [5, 5.41) is 11.9. The average molecular weight is 353 g/mol. The maximum Gasteiger partial charge on any atom is 0.326 e. The molecule has 1 aliphatic rings. The number of aromatic nitrogens is 2. The number of carbonyl (C=O) groups excluding carboxylic acids is 1. The molecule has 2 atom stereocenters. The van der Waals surface area contributed by atoms with E-state index in [2.05, 4.69) is 10.3 Å². The van der Waals surface area contributed by atoms with Gasteiger partial charge in [0.05, 0.1) is 5.69 Å². The molecule has 0 aliphatic carbocycles. The van der Waals surface area contributed by atoms with E-state index in [1.807, 2.05) is 19.3 Å². The summed E-state index contributed by atoms with van der Waals surface area (Å²) in [5.74, 6) is -0.122. The Labute approximate surface area is 145 Å². The Hall–Kier alpha value is -1.80. The van der Waals surface area contributed by atoms with Crippen LogP contribution in [-0.4, -0.2) is 51.2 Å². The fourth-order valence-corrected chi connectivity index (χ4v) is 3.15. The van der Waals surface area contributed by atoms with Crippen molar-refractivity contribution in [2.24, 2.45) is 0 Å². The third-order valence-electron chi connectivity index (χ3n) is 3.80. The first-order valence-corrected chi connectivity index (χ1v) is 9.28. The van der Waals surface area contributed by atoms with Crippen molar-refractivity contribution >= 4 is 29.8 Å². The van der Waals surface area contributed by atoms with E-state index >= 15 is 0 Å². The number of ether oxygens (including phenoxy) is 1. The second kappa shape index (κ2) is 8.34. The zero-order chi connectivity index (χ0) is 17.7. The Morgan fingerprint density at radius 1 is 1.58 bits per heavy atom. The van der Waals surface area contributed by atoms with Crippen molar-refractivity contribution in [2.45, 2.75) is 38.8 Å². The SMILES string of the molecule is CCOC1CC=Cn2c1nc(C)c2C(=O)NC(CCSC)C(=O)O. The van der Waals surface area contributed by atoms with Gasteiger partial charge in [-0.25, -0.2) is 9.78 Å². The number of rotatable bonds is 8. The van der Waals surface area contributed by atoms with E-state index in [1.54, 1.807) is 29.5 Å². The Bertz CT molecular complexity index is 642. The highest BCUT2D eigenvalue weighted by Crippen LogP contribution is 2.28. The number of fused-ring (bicyclic) bond motifs is 1. The van der Waals surface area contributed by atoms with Crippen LogP contribution in [0, 0.1) is 6.92 Å². The molecule has 8 heteroatoms. The lowest BCUT2D eigenvalue weighted by Crippen LogP contribution is -2.42. The first-order chi connectivity index (χ1) is 11.5. The lowest BCUT2D eigenvalue weighted by molar-refractivity contribution is -0.139. The van der Waals surface area contributed by atoms with E-state index in [1.165, 1.54) is 0 Å². The molecular weight excluding hydrogens is 330 g/mol. The number of carboxylic acid groups (broad SMARTS) is 1. The van der Waals surface area contributed by atoms with Crippen LogP contribution in [-0.2, 0) is 9.53 Å². The lowest BCUT2D eigenvalue weighted by Gasteiger charge is -2.20. The Balaban J connectivity index is 2.24. The van der Waals surface area contributed by atoms with Crippen LogP contribution in [0.4, 0.5) is 0 Å². The second-order valence-corrected chi connectivity index (χ2v) is 6.47. The minimum Gasteiger partial charge on any atom is -0.480 e. The summed E-state index contributed by atoms with van der Waals surface area (Å²) in [5.41, 5.74) is 0.925. The quantitative estimate of drug-likeness (QED) is 0.743. The summed E-state index contributed by atoms with van der Waals surface area (Å²) in [6.45, 7) is 4.21. The summed E-state index contributed by atoms with van der Waals surface area (Å²) in [4.78, 5) is 28.4. The molecule has 2 rings (SSSR count). The van der Waals surface area contributed by atoms with Gasteiger partial charge in [-0.2, -0.15) is 11.8 Å². The van der Waals surface area contributed by atoms with Crippen molar-refractivity contribution in [1.29, 1.82) is 0 Å². The Morgan fingerprint density at radius 2 is 2.33 bits per heavy atom. The van der Waals surface area contributed by atoms with Gasteiger partial charge in [0.2, 0.25) is 0 Å². The van der Waals surface area contributed by atoms with E-state index in [0.717, 1.165) is 0 Å². The molecule has 0 radical (unpaired) electrons. The van der Waals surface area contributed by atoms with Gasteiger partial charge in [0.15, 0.2) is 0 Å².